The van der Waals surface area contributed by atoms with Gasteiger partial charge in [-0.25, -0.2) is 0 Å². The van der Waals surface area contributed by atoms with E-state index in [1.165, 1.54) is 0 Å². The fraction of sp³-hybridized carbons (Fsp3) is 0.800. The lowest BCUT2D eigenvalue weighted by atomic mass is 9.93. The average molecular weight is 198 g/mol. The Hall–Kier alpha value is -0.900. The maximum absolute atomic E-state index is 11.4. The molecule has 1 atom stereocenters. The van der Waals surface area contributed by atoms with Crippen molar-refractivity contribution >= 4 is 11.7 Å². The summed E-state index contributed by atoms with van der Waals surface area (Å²) in [6.07, 6.45) is 4.52. The van der Waals surface area contributed by atoms with Gasteiger partial charge in [0.1, 0.15) is 0 Å². The Kier molecular flexibility index (Phi) is 4.07. The van der Waals surface area contributed by atoms with Gasteiger partial charge in [0.05, 0.1) is 6.04 Å². The molecule has 1 saturated carbocycles. The molecular formula is C10H18N2O2. The predicted molar refractivity (Wildman–Crippen MR) is 53.7 cm³/mol. The van der Waals surface area contributed by atoms with Crippen LogP contribution in [0.3, 0.4) is 0 Å². The molecule has 1 aliphatic carbocycles. The van der Waals surface area contributed by atoms with E-state index >= 15 is 0 Å². The van der Waals surface area contributed by atoms with E-state index in [1.807, 2.05) is 6.92 Å². The van der Waals surface area contributed by atoms with Crippen LogP contribution in [0.15, 0.2) is 0 Å². The first kappa shape index (κ1) is 11.2. The van der Waals surface area contributed by atoms with Crippen LogP contribution in [0.2, 0.25) is 0 Å². The lowest BCUT2D eigenvalue weighted by Crippen LogP contribution is -2.48. The summed E-state index contributed by atoms with van der Waals surface area (Å²) in [5, 5.41) is 2.69. The van der Waals surface area contributed by atoms with Gasteiger partial charge in [-0.15, -0.1) is 0 Å². The second kappa shape index (κ2) is 5.10. The standard InChI is InChI=1S/C10H18N2O2/c1-2-4-8(11)9(13)10(14)12-7-5-3-6-7/h7-8H,2-6,11H2,1H3,(H,12,14). The lowest BCUT2D eigenvalue weighted by Gasteiger charge is -2.26. The molecule has 3 N–H and O–H groups in total. The zero-order chi connectivity index (χ0) is 10.6. The van der Waals surface area contributed by atoms with Crippen molar-refractivity contribution in [1.82, 2.24) is 5.32 Å². The highest BCUT2D eigenvalue weighted by molar-refractivity contribution is 6.38. The number of nitrogens with two attached hydrogens (primary N) is 1. The van der Waals surface area contributed by atoms with E-state index in [-0.39, 0.29) is 6.04 Å². The quantitative estimate of drug-likeness (QED) is 0.626. The molecule has 0 spiro atoms. The van der Waals surface area contributed by atoms with Crippen molar-refractivity contribution in [2.45, 2.75) is 51.1 Å². The van der Waals surface area contributed by atoms with Crippen molar-refractivity contribution in [3.63, 3.8) is 0 Å². The van der Waals surface area contributed by atoms with Crippen molar-refractivity contribution < 1.29 is 9.59 Å². The van der Waals surface area contributed by atoms with E-state index in [4.69, 9.17) is 5.73 Å². The van der Waals surface area contributed by atoms with Crippen LogP contribution in [0.4, 0.5) is 0 Å². The average Bonchev–Trinajstić information content (AvgIpc) is 2.10. The molecule has 0 radical (unpaired) electrons. The van der Waals surface area contributed by atoms with Gasteiger partial charge in [0.15, 0.2) is 0 Å². The molecule has 0 aliphatic heterocycles. The highest BCUT2D eigenvalue weighted by atomic mass is 16.2. The number of nitrogens with one attached hydrogen (secondary N) is 1. The number of Topliss-reactive ketones (excluding diaryl/α,β-unsaturated/α-hetero) is 1. The van der Waals surface area contributed by atoms with Gasteiger partial charge in [0, 0.05) is 6.04 Å². The predicted octanol–water partition coefficient (Wildman–Crippen LogP) is 0.352. The molecule has 0 aromatic heterocycles. The number of hydrogen-bond donors (Lipinski definition) is 2. The van der Waals surface area contributed by atoms with Crippen LogP contribution < -0.4 is 11.1 Å². The van der Waals surface area contributed by atoms with E-state index in [0.717, 1.165) is 25.7 Å². The molecule has 4 nitrogen and oxygen atoms in total. The Morgan fingerprint density at radius 3 is 2.57 bits per heavy atom. The molecule has 1 fully saturated rings. The van der Waals surface area contributed by atoms with Gasteiger partial charge in [0.25, 0.3) is 5.91 Å². The van der Waals surface area contributed by atoms with Crippen LogP contribution >= 0.6 is 0 Å². The van der Waals surface area contributed by atoms with Crippen LogP contribution in [0.25, 0.3) is 0 Å². The Morgan fingerprint density at radius 2 is 2.14 bits per heavy atom. The third kappa shape index (κ3) is 2.80. The summed E-state index contributed by atoms with van der Waals surface area (Å²) in [5.74, 6) is -0.977. The van der Waals surface area contributed by atoms with E-state index in [9.17, 15) is 9.59 Å². The molecule has 80 valence electrons. The smallest absolute Gasteiger partial charge is 0.289 e. The Labute approximate surface area is 84.2 Å². The molecule has 1 unspecified atom stereocenters. The summed E-state index contributed by atoms with van der Waals surface area (Å²) in [5.41, 5.74) is 5.55. The summed E-state index contributed by atoms with van der Waals surface area (Å²) in [6.45, 7) is 1.94. The van der Waals surface area contributed by atoms with Gasteiger partial charge in [-0.2, -0.15) is 0 Å². The van der Waals surface area contributed by atoms with Gasteiger partial charge in [-0.3, -0.25) is 9.59 Å². The zero-order valence-electron chi connectivity index (χ0n) is 8.58. The van der Waals surface area contributed by atoms with Crippen LogP contribution in [0.5, 0.6) is 0 Å². The van der Waals surface area contributed by atoms with E-state index in [2.05, 4.69) is 5.32 Å². The number of hydrogen-bond acceptors (Lipinski definition) is 3. The Morgan fingerprint density at radius 1 is 1.50 bits per heavy atom. The molecule has 1 amide bonds. The molecule has 0 aromatic rings. The van der Waals surface area contributed by atoms with Crippen molar-refractivity contribution in [3.05, 3.63) is 0 Å². The van der Waals surface area contributed by atoms with Gasteiger partial charge >= 0.3 is 0 Å². The van der Waals surface area contributed by atoms with Crippen LogP contribution in [-0.2, 0) is 9.59 Å². The zero-order valence-corrected chi connectivity index (χ0v) is 8.58. The first-order chi connectivity index (χ1) is 6.65. The molecule has 1 rings (SSSR count). The largest absolute Gasteiger partial charge is 0.347 e. The topological polar surface area (TPSA) is 72.2 Å². The maximum atomic E-state index is 11.4. The minimum Gasteiger partial charge on any atom is -0.347 e. The van der Waals surface area contributed by atoms with Crippen molar-refractivity contribution in [2.75, 3.05) is 0 Å². The summed E-state index contributed by atoms with van der Waals surface area (Å²) < 4.78 is 0. The van der Waals surface area contributed by atoms with Gasteiger partial charge in [0.2, 0.25) is 5.78 Å². The first-order valence-corrected chi connectivity index (χ1v) is 5.25. The van der Waals surface area contributed by atoms with Crippen LogP contribution in [-0.4, -0.2) is 23.8 Å². The molecule has 4 heteroatoms. The Bertz CT molecular complexity index is 224. The van der Waals surface area contributed by atoms with E-state index in [0.29, 0.717) is 6.42 Å². The second-order valence-electron chi connectivity index (χ2n) is 3.86. The summed E-state index contributed by atoms with van der Waals surface area (Å²) in [7, 11) is 0. The monoisotopic (exact) mass is 198 g/mol. The highest BCUT2D eigenvalue weighted by Gasteiger charge is 2.25. The second-order valence-corrected chi connectivity index (χ2v) is 3.86. The molecular weight excluding hydrogens is 180 g/mol. The summed E-state index contributed by atoms with van der Waals surface area (Å²) in [4.78, 5) is 22.7. The maximum Gasteiger partial charge on any atom is 0.289 e. The normalized spacial score (nSPS) is 18.4. The van der Waals surface area contributed by atoms with Gasteiger partial charge in [-0.05, 0) is 25.7 Å². The van der Waals surface area contributed by atoms with E-state index in [1.54, 1.807) is 0 Å². The Balaban J connectivity index is 2.31. The number of amides is 1. The van der Waals surface area contributed by atoms with Crippen molar-refractivity contribution in [3.8, 4) is 0 Å². The van der Waals surface area contributed by atoms with Gasteiger partial charge in [-0.1, -0.05) is 13.3 Å². The first-order valence-electron chi connectivity index (χ1n) is 5.25. The fourth-order valence-corrected chi connectivity index (χ4v) is 1.42. The van der Waals surface area contributed by atoms with E-state index < -0.39 is 17.7 Å². The van der Waals surface area contributed by atoms with Crippen molar-refractivity contribution in [2.24, 2.45) is 5.73 Å². The number of carbonyl (C=O) groups is 2. The molecule has 0 bridgehead atoms. The lowest BCUT2D eigenvalue weighted by molar-refractivity contribution is -0.139. The molecule has 0 saturated heterocycles. The molecule has 1 aliphatic rings. The SMILES string of the molecule is CCCC(N)C(=O)C(=O)NC1CCC1. The minimum atomic E-state index is -0.625. The minimum absolute atomic E-state index is 0.209. The third-order valence-corrected chi connectivity index (χ3v) is 2.60. The van der Waals surface area contributed by atoms with Gasteiger partial charge < -0.3 is 11.1 Å². The summed E-state index contributed by atoms with van der Waals surface area (Å²) >= 11 is 0. The highest BCUT2D eigenvalue weighted by Crippen LogP contribution is 2.17. The summed E-state index contributed by atoms with van der Waals surface area (Å²) in [6, 6.07) is -0.416. The number of carbonyl (C=O) groups excluding carboxylic acids is 2. The molecule has 14 heavy (non-hydrogen) atoms. The fourth-order valence-electron chi connectivity index (χ4n) is 1.42. The number of rotatable bonds is 5. The third-order valence-electron chi connectivity index (χ3n) is 2.60. The van der Waals surface area contributed by atoms with Crippen molar-refractivity contribution in [1.29, 1.82) is 0 Å². The van der Waals surface area contributed by atoms with Crippen LogP contribution in [0, 0.1) is 0 Å². The van der Waals surface area contributed by atoms with Crippen LogP contribution in [0.1, 0.15) is 39.0 Å². The molecule has 0 heterocycles. The molecule has 0 aromatic carbocycles. The number of ketones is 1.